The van der Waals surface area contributed by atoms with Crippen molar-refractivity contribution in [3.63, 3.8) is 0 Å². The van der Waals surface area contributed by atoms with Crippen LogP contribution in [0.15, 0.2) is 76.9 Å². The van der Waals surface area contributed by atoms with Gasteiger partial charge >= 0.3 is 0 Å². The minimum Gasteiger partial charge on any atom is -0.316 e. The molecule has 0 spiro atoms. The Labute approximate surface area is 212 Å². The Morgan fingerprint density at radius 3 is 2.58 bits per heavy atom. The maximum absolute atomic E-state index is 13.9. The van der Waals surface area contributed by atoms with Gasteiger partial charge in [-0.3, -0.25) is 14.3 Å². The second-order valence-electron chi connectivity index (χ2n) is 8.91. The first-order chi connectivity index (χ1) is 17.5. The first-order valence-electron chi connectivity index (χ1n) is 11.8. The number of rotatable bonds is 4. The molecular formula is C29H24N4O2S. The summed E-state index contributed by atoms with van der Waals surface area (Å²) in [6.45, 7) is 1.84. The van der Waals surface area contributed by atoms with Crippen molar-refractivity contribution < 1.29 is 4.79 Å². The minimum absolute atomic E-state index is 0.261. The number of fused-ring (bicyclic) bond motifs is 2. The fraction of sp³-hybridized carbons (Fsp3) is 0.138. The lowest BCUT2D eigenvalue weighted by molar-refractivity contribution is 0.102. The molecular weight excluding hydrogens is 468 g/mol. The monoisotopic (exact) mass is 492 g/mol. The van der Waals surface area contributed by atoms with Crippen molar-refractivity contribution in [1.29, 1.82) is 0 Å². The molecule has 1 aliphatic carbocycles. The molecule has 7 heteroatoms. The summed E-state index contributed by atoms with van der Waals surface area (Å²) in [5.41, 5.74) is 5.76. The third-order valence-electron chi connectivity index (χ3n) is 6.82. The van der Waals surface area contributed by atoms with Gasteiger partial charge in [0.25, 0.3) is 11.5 Å². The maximum atomic E-state index is 13.9. The van der Waals surface area contributed by atoms with Crippen LogP contribution in [0.4, 0.5) is 5.69 Å². The SMILES string of the molecule is Cc1c(NC(=O)c2c3c(nc4ccccc24)/C(=C/c2cccs2)CC3)c(=O)n(-c2ccccc2)n1C. The number of amides is 1. The molecule has 6 nitrogen and oxygen atoms in total. The lowest BCUT2D eigenvalue weighted by Crippen LogP contribution is -2.23. The molecule has 1 amide bonds. The number of nitrogens with one attached hydrogen (secondary N) is 1. The molecule has 178 valence electrons. The Balaban J connectivity index is 1.47. The van der Waals surface area contributed by atoms with E-state index in [0.717, 1.165) is 46.3 Å². The Bertz CT molecular complexity index is 1710. The summed E-state index contributed by atoms with van der Waals surface area (Å²) in [7, 11) is 1.82. The van der Waals surface area contributed by atoms with Crippen molar-refractivity contribution in [1.82, 2.24) is 14.3 Å². The fourth-order valence-corrected chi connectivity index (χ4v) is 5.65. The molecule has 1 N–H and O–H groups in total. The van der Waals surface area contributed by atoms with E-state index >= 15 is 0 Å². The highest BCUT2D eigenvalue weighted by molar-refractivity contribution is 7.10. The van der Waals surface area contributed by atoms with E-state index in [1.54, 1.807) is 20.7 Å². The van der Waals surface area contributed by atoms with Crippen LogP contribution in [0.5, 0.6) is 0 Å². The normalized spacial score (nSPS) is 13.9. The molecule has 2 aromatic carbocycles. The number of carbonyl (C=O) groups excluding carboxylic acids is 1. The number of hydrogen-bond acceptors (Lipinski definition) is 4. The molecule has 6 rings (SSSR count). The van der Waals surface area contributed by atoms with Crippen molar-refractivity contribution in [3.05, 3.63) is 110 Å². The van der Waals surface area contributed by atoms with Gasteiger partial charge in [-0.05, 0) is 66.6 Å². The zero-order valence-corrected chi connectivity index (χ0v) is 20.8. The standard InChI is InChI=1S/C29H24N4O2S/c1-18-26(29(35)33(32(18)2)20-9-4-3-5-10-20)31-28(34)25-22-12-6-7-13-24(22)30-27-19(14-15-23(25)27)17-21-11-8-16-36-21/h3-13,16-17H,14-15H2,1-2H3,(H,31,34)/b19-17+. The lowest BCUT2D eigenvalue weighted by atomic mass is 10.00. The number of anilines is 1. The third-order valence-corrected chi connectivity index (χ3v) is 7.64. The number of nitrogens with zero attached hydrogens (tertiary/aromatic N) is 3. The Morgan fingerprint density at radius 2 is 1.81 bits per heavy atom. The molecule has 0 fully saturated rings. The molecule has 3 heterocycles. The number of hydrogen-bond donors (Lipinski definition) is 1. The second kappa shape index (κ2) is 8.77. The smallest absolute Gasteiger partial charge is 0.295 e. The molecule has 3 aromatic heterocycles. The number of pyridine rings is 1. The number of allylic oxidation sites excluding steroid dienone is 1. The van der Waals surface area contributed by atoms with Gasteiger partial charge in [-0.25, -0.2) is 9.67 Å². The lowest BCUT2D eigenvalue weighted by Gasteiger charge is -2.12. The van der Waals surface area contributed by atoms with E-state index in [1.165, 1.54) is 4.88 Å². The third kappa shape index (κ3) is 3.60. The highest BCUT2D eigenvalue weighted by Crippen LogP contribution is 2.38. The van der Waals surface area contributed by atoms with E-state index in [2.05, 4.69) is 22.8 Å². The van der Waals surface area contributed by atoms with Crippen LogP contribution in [0, 0.1) is 6.92 Å². The maximum Gasteiger partial charge on any atom is 0.295 e. The molecule has 0 saturated heterocycles. The van der Waals surface area contributed by atoms with Gasteiger partial charge in [-0.2, -0.15) is 0 Å². The summed E-state index contributed by atoms with van der Waals surface area (Å²) in [5.74, 6) is -0.284. The second-order valence-corrected chi connectivity index (χ2v) is 9.89. The topological polar surface area (TPSA) is 68.9 Å². The van der Waals surface area contributed by atoms with Crippen LogP contribution >= 0.6 is 11.3 Å². The van der Waals surface area contributed by atoms with Crippen LogP contribution in [0.2, 0.25) is 0 Å². The zero-order chi connectivity index (χ0) is 24.8. The van der Waals surface area contributed by atoms with Gasteiger partial charge in [-0.15, -0.1) is 11.3 Å². The van der Waals surface area contributed by atoms with E-state index in [4.69, 9.17) is 4.98 Å². The number of benzene rings is 2. The summed E-state index contributed by atoms with van der Waals surface area (Å²) < 4.78 is 3.34. The molecule has 0 saturated carbocycles. The van der Waals surface area contributed by atoms with Crippen LogP contribution in [0.1, 0.15) is 38.6 Å². The van der Waals surface area contributed by atoms with Gasteiger partial charge < -0.3 is 5.32 Å². The Hall–Kier alpha value is -4.23. The number of para-hydroxylation sites is 2. The number of aromatic nitrogens is 3. The summed E-state index contributed by atoms with van der Waals surface area (Å²) in [6.07, 6.45) is 3.72. The predicted molar refractivity (Wildman–Crippen MR) is 146 cm³/mol. The molecule has 0 unspecified atom stereocenters. The average molecular weight is 493 g/mol. The molecule has 1 aliphatic rings. The molecule has 0 bridgehead atoms. The van der Waals surface area contributed by atoms with E-state index < -0.39 is 0 Å². The first-order valence-corrected chi connectivity index (χ1v) is 12.7. The molecule has 0 atom stereocenters. The van der Waals surface area contributed by atoms with Crippen LogP contribution in [-0.4, -0.2) is 20.3 Å². The number of thiophene rings is 1. The van der Waals surface area contributed by atoms with Crippen molar-refractivity contribution in [2.45, 2.75) is 19.8 Å². The van der Waals surface area contributed by atoms with Gasteiger partial charge in [0, 0.05) is 17.3 Å². The van der Waals surface area contributed by atoms with Crippen LogP contribution in [0.3, 0.4) is 0 Å². The average Bonchev–Trinajstić information content (AvgIpc) is 3.60. The van der Waals surface area contributed by atoms with Gasteiger partial charge in [0.05, 0.1) is 28.2 Å². The summed E-state index contributed by atoms with van der Waals surface area (Å²) in [5, 5.41) is 5.82. The van der Waals surface area contributed by atoms with Crippen molar-refractivity contribution >= 4 is 45.5 Å². The number of carbonyl (C=O) groups is 1. The van der Waals surface area contributed by atoms with E-state index in [1.807, 2.05) is 74.6 Å². The molecule has 36 heavy (non-hydrogen) atoms. The largest absolute Gasteiger partial charge is 0.316 e. The van der Waals surface area contributed by atoms with Gasteiger partial charge in [0.2, 0.25) is 0 Å². The van der Waals surface area contributed by atoms with Crippen molar-refractivity contribution in [3.8, 4) is 5.69 Å². The molecule has 5 aromatic rings. The Morgan fingerprint density at radius 1 is 1.03 bits per heavy atom. The van der Waals surface area contributed by atoms with Gasteiger partial charge in [0.1, 0.15) is 5.69 Å². The van der Waals surface area contributed by atoms with E-state index in [-0.39, 0.29) is 17.2 Å². The van der Waals surface area contributed by atoms with Crippen molar-refractivity contribution in [2.24, 2.45) is 7.05 Å². The van der Waals surface area contributed by atoms with Crippen LogP contribution < -0.4 is 10.9 Å². The quantitative estimate of drug-likeness (QED) is 0.343. The summed E-state index contributed by atoms with van der Waals surface area (Å²) in [4.78, 5) is 33.4. The highest BCUT2D eigenvalue weighted by atomic mass is 32.1. The Kier molecular flexibility index (Phi) is 5.42. The van der Waals surface area contributed by atoms with Gasteiger partial charge in [-0.1, -0.05) is 42.5 Å². The summed E-state index contributed by atoms with van der Waals surface area (Å²) >= 11 is 1.68. The minimum atomic E-state index is -0.284. The van der Waals surface area contributed by atoms with Crippen molar-refractivity contribution in [2.75, 3.05) is 5.32 Å². The predicted octanol–water partition coefficient (Wildman–Crippen LogP) is 5.83. The zero-order valence-electron chi connectivity index (χ0n) is 20.0. The molecule has 0 radical (unpaired) electrons. The van der Waals surface area contributed by atoms with Crippen LogP contribution in [-0.2, 0) is 13.5 Å². The fourth-order valence-electron chi connectivity index (χ4n) is 4.97. The first kappa shape index (κ1) is 22.2. The van der Waals surface area contributed by atoms with Gasteiger partial charge in [0.15, 0.2) is 0 Å². The highest BCUT2D eigenvalue weighted by Gasteiger charge is 2.28. The van der Waals surface area contributed by atoms with E-state index in [0.29, 0.717) is 11.3 Å². The summed E-state index contributed by atoms with van der Waals surface area (Å²) in [6, 6.07) is 21.2. The molecule has 0 aliphatic heterocycles. The van der Waals surface area contributed by atoms with Crippen LogP contribution in [0.25, 0.3) is 28.2 Å². The van der Waals surface area contributed by atoms with E-state index in [9.17, 15) is 9.59 Å².